The maximum Gasteiger partial charge on any atom is 0.311 e. The Morgan fingerprint density at radius 2 is 1.30 bits per heavy atom. The van der Waals surface area contributed by atoms with E-state index in [0.717, 1.165) is 15.9 Å². The van der Waals surface area contributed by atoms with Gasteiger partial charge in [0.05, 0.1) is 12.7 Å². The summed E-state index contributed by atoms with van der Waals surface area (Å²) < 4.78 is 25.9. The van der Waals surface area contributed by atoms with Gasteiger partial charge in [-0.2, -0.15) is 0 Å². The zero-order valence-electron chi connectivity index (χ0n) is 27.8. The Hall–Kier alpha value is -2.92. The van der Waals surface area contributed by atoms with E-state index in [9.17, 15) is 9.90 Å². The Labute approximate surface area is 266 Å². The van der Waals surface area contributed by atoms with Crippen LogP contribution in [-0.4, -0.2) is 41.1 Å². The third kappa shape index (κ3) is 6.40. The van der Waals surface area contributed by atoms with Crippen LogP contribution in [0.25, 0.3) is 0 Å². The number of benzene rings is 3. The minimum absolute atomic E-state index is 0.000485. The van der Waals surface area contributed by atoms with Crippen LogP contribution >= 0.6 is 0 Å². The Bertz CT molecular complexity index is 1320. The Morgan fingerprint density at radius 1 is 0.795 bits per heavy atom. The lowest BCUT2D eigenvalue weighted by molar-refractivity contribution is -0.147. The quantitative estimate of drug-likeness (QED) is 0.193. The standard InChI is InChI=1S/C36H50O6Si2/c1-25(2)43(26(3)4,27(5)6)42-34(28-20-21-32-33(22-28)40-24-39-32)31(35(37)38)23-41-44(36(7,8)9,29-16-12-10-13-17-29)30-18-14-11-15-19-30/h10-22,25-27,31,34H,23-24H2,1-9H3,(H,37,38)/t31-,34+/m0/s1. The zero-order chi connectivity index (χ0) is 32.3. The lowest BCUT2D eigenvalue weighted by Gasteiger charge is -2.47. The number of carboxylic acid groups (broad SMARTS) is 1. The van der Waals surface area contributed by atoms with Gasteiger partial charge in [0.2, 0.25) is 15.1 Å². The van der Waals surface area contributed by atoms with Gasteiger partial charge in [-0.25, -0.2) is 0 Å². The Kier molecular flexibility index (Phi) is 10.5. The molecule has 3 aromatic carbocycles. The SMILES string of the molecule is CC(C)[Si](O[C@H](c1ccc2c(c1)OCO2)[C@H](CO[Si](c1ccccc1)(c1ccccc1)C(C)(C)C)C(=O)O)(C(C)C)C(C)C. The summed E-state index contributed by atoms with van der Waals surface area (Å²) in [7, 11) is -5.52. The molecule has 8 heteroatoms. The maximum atomic E-state index is 13.4. The summed E-state index contributed by atoms with van der Waals surface area (Å²) in [5, 5.41) is 12.9. The number of ether oxygens (including phenoxy) is 2. The van der Waals surface area contributed by atoms with E-state index in [1.807, 2.05) is 54.6 Å². The molecule has 0 bridgehead atoms. The second kappa shape index (κ2) is 13.6. The number of carbonyl (C=O) groups is 1. The van der Waals surface area contributed by atoms with Crippen molar-refractivity contribution in [2.45, 2.75) is 90.1 Å². The summed E-state index contributed by atoms with van der Waals surface area (Å²) in [6.45, 7) is 20.1. The molecule has 0 spiro atoms. The van der Waals surface area contributed by atoms with E-state index in [0.29, 0.717) is 11.5 Å². The fraction of sp³-hybridized carbons (Fsp3) is 0.472. The number of carboxylic acids is 1. The van der Waals surface area contributed by atoms with Crippen LogP contribution in [0.4, 0.5) is 0 Å². The first-order valence-electron chi connectivity index (χ1n) is 15.8. The molecule has 1 N–H and O–H groups in total. The van der Waals surface area contributed by atoms with Gasteiger partial charge in [-0.1, -0.05) is 129 Å². The first-order chi connectivity index (χ1) is 20.8. The predicted molar refractivity (Wildman–Crippen MR) is 182 cm³/mol. The van der Waals surface area contributed by atoms with Gasteiger partial charge in [-0.3, -0.25) is 4.79 Å². The van der Waals surface area contributed by atoms with Gasteiger partial charge in [0.15, 0.2) is 11.5 Å². The summed E-state index contributed by atoms with van der Waals surface area (Å²) in [4.78, 5) is 13.4. The molecule has 1 aliphatic heterocycles. The topological polar surface area (TPSA) is 74.2 Å². The summed E-state index contributed by atoms with van der Waals surface area (Å²) in [6, 6.07) is 26.4. The molecule has 0 unspecified atom stereocenters. The van der Waals surface area contributed by atoms with E-state index < -0.39 is 34.6 Å². The average molecular weight is 635 g/mol. The number of rotatable bonds is 13. The highest BCUT2D eigenvalue weighted by Gasteiger charge is 2.53. The summed E-state index contributed by atoms with van der Waals surface area (Å²) >= 11 is 0. The van der Waals surface area contributed by atoms with Crippen LogP contribution in [0.2, 0.25) is 21.7 Å². The van der Waals surface area contributed by atoms with Crippen molar-refractivity contribution in [3.05, 3.63) is 84.4 Å². The van der Waals surface area contributed by atoms with E-state index in [1.54, 1.807) is 0 Å². The molecule has 2 atom stereocenters. The molecule has 0 fully saturated rings. The molecule has 0 saturated heterocycles. The van der Waals surface area contributed by atoms with Crippen LogP contribution in [0.3, 0.4) is 0 Å². The minimum atomic E-state index is -3.00. The van der Waals surface area contributed by atoms with E-state index >= 15 is 0 Å². The van der Waals surface area contributed by atoms with Crippen LogP contribution in [-0.2, 0) is 13.6 Å². The van der Waals surface area contributed by atoms with Gasteiger partial charge >= 0.3 is 5.97 Å². The molecule has 0 amide bonds. The van der Waals surface area contributed by atoms with E-state index in [4.69, 9.17) is 18.3 Å². The third-order valence-electron chi connectivity index (χ3n) is 9.34. The monoisotopic (exact) mass is 634 g/mol. The average Bonchev–Trinajstić information content (AvgIpc) is 3.44. The van der Waals surface area contributed by atoms with Crippen molar-refractivity contribution in [3.8, 4) is 11.5 Å². The van der Waals surface area contributed by atoms with E-state index in [1.165, 1.54) is 0 Å². The smallest absolute Gasteiger partial charge is 0.311 e. The van der Waals surface area contributed by atoms with E-state index in [-0.39, 0.29) is 35.1 Å². The number of hydrogen-bond donors (Lipinski definition) is 1. The van der Waals surface area contributed by atoms with Gasteiger partial charge in [0.25, 0.3) is 8.32 Å². The van der Waals surface area contributed by atoms with Crippen molar-refractivity contribution in [1.82, 2.24) is 0 Å². The van der Waals surface area contributed by atoms with E-state index in [2.05, 4.69) is 86.6 Å². The van der Waals surface area contributed by atoms with Gasteiger partial charge in [-0.15, -0.1) is 0 Å². The fourth-order valence-electron chi connectivity index (χ4n) is 7.37. The van der Waals surface area contributed by atoms with Crippen LogP contribution < -0.4 is 19.8 Å². The van der Waals surface area contributed by atoms with Gasteiger partial charge in [0, 0.05) is 0 Å². The predicted octanol–water partition coefficient (Wildman–Crippen LogP) is 7.93. The first kappa shape index (κ1) is 34.0. The molecule has 3 aromatic rings. The highest BCUT2D eigenvalue weighted by Crippen LogP contribution is 2.48. The highest BCUT2D eigenvalue weighted by atomic mass is 28.4. The number of aliphatic carboxylic acids is 1. The molecule has 0 radical (unpaired) electrons. The molecule has 6 nitrogen and oxygen atoms in total. The highest BCUT2D eigenvalue weighted by molar-refractivity contribution is 6.99. The summed E-state index contributed by atoms with van der Waals surface area (Å²) in [6.07, 6.45) is -0.737. The van der Waals surface area contributed by atoms with Crippen molar-refractivity contribution < 1.29 is 28.2 Å². The van der Waals surface area contributed by atoms with Crippen LogP contribution in [0.1, 0.15) is 74.0 Å². The fourth-order valence-corrected chi connectivity index (χ4v) is 17.5. The number of fused-ring (bicyclic) bond motifs is 1. The van der Waals surface area contributed by atoms with Crippen molar-refractivity contribution in [2.75, 3.05) is 13.4 Å². The normalized spacial score (nSPS) is 15.2. The van der Waals surface area contributed by atoms with Gasteiger partial charge < -0.3 is 23.4 Å². The molecule has 1 aliphatic rings. The zero-order valence-corrected chi connectivity index (χ0v) is 29.8. The van der Waals surface area contributed by atoms with Crippen molar-refractivity contribution in [1.29, 1.82) is 0 Å². The lowest BCUT2D eigenvalue weighted by Crippen LogP contribution is -2.67. The molecule has 0 saturated carbocycles. The maximum absolute atomic E-state index is 13.4. The van der Waals surface area contributed by atoms with Crippen LogP contribution in [0.15, 0.2) is 78.9 Å². The van der Waals surface area contributed by atoms with Crippen molar-refractivity contribution >= 4 is 33.0 Å². The molecule has 4 rings (SSSR count). The lowest BCUT2D eigenvalue weighted by atomic mass is 9.96. The molecule has 0 aromatic heterocycles. The Morgan fingerprint density at radius 3 is 1.75 bits per heavy atom. The van der Waals surface area contributed by atoms with Gasteiger partial charge in [0.1, 0.15) is 5.92 Å². The molecular formula is C36H50O6Si2. The largest absolute Gasteiger partial charge is 0.481 e. The molecule has 238 valence electrons. The van der Waals surface area contributed by atoms with Gasteiger partial charge in [-0.05, 0) is 49.7 Å². The molecule has 0 aliphatic carbocycles. The number of hydrogen-bond acceptors (Lipinski definition) is 5. The third-order valence-corrected chi connectivity index (χ3v) is 20.4. The first-order valence-corrected chi connectivity index (χ1v) is 19.9. The van der Waals surface area contributed by atoms with Crippen molar-refractivity contribution in [2.24, 2.45) is 5.92 Å². The van der Waals surface area contributed by atoms with Crippen molar-refractivity contribution in [3.63, 3.8) is 0 Å². The van der Waals surface area contributed by atoms with Crippen LogP contribution in [0, 0.1) is 5.92 Å². The summed E-state index contributed by atoms with van der Waals surface area (Å²) in [5.74, 6) is -0.632. The second-order valence-corrected chi connectivity index (χ2v) is 23.6. The van der Waals surface area contributed by atoms with Crippen LogP contribution in [0.5, 0.6) is 11.5 Å². The second-order valence-electron chi connectivity index (χ2n) is 13.9. The molecule has 1 heterocycles. The summed E-state index contributed by atoms with van der Waals surface area (Å²) in [5.41, 5.74) is 1.58. The Balaban J connectivity index is 1.87. The molecular weight excluding hydrogens is 585 g/mol. The minimum Gasteiger partial charge on any atom is -0.481 e. The molecule has 44 heavy (non-hydrogen) atoms.